The minimum absolute atomic E-state index is 0.109. The van der Waals surface area contributed by atoms with E-state index >= 15 is 0 Å². The van der Waals surface area contributed by atoms with Crippen molar-refractivity contribution in [3.05, 3.63) is 0 Å². The van der Waals surface area contributed by atoms with Crippen LogP contribution in [0.25, 0.3) is 0 Å². The average Bonchev–Trinajstić information content (AvgIpc) is 2.51. The Morgan fingerprint density at radius 1 is 1.33 bits per heavy atom. The SMILES string of the molecule is CCN(CC)C(=O)CN1CCC2(CC1)OCCCC2OC. The second-order valence-electron chi connectivity index (χ2n) is 6.12. The molecule has 1 amide bonds. The molecule has 0 aromatic heterocycles. The smallest absolute Gasteiger partial charge is 0.236 e. The summed E-state index contributed by atoms with van der Waals surface area (Å²) in [7, 11) is 1.79. The minimum Gasteiger partial charge on any atom is -0.378 e. The van der Waals surface area contributed by atoms with E-state index in [1.807, 2.05) is 18.7 Å². The van der Waals surface area contributed by atoms with E-state index in [2.05, 4.69) is 4.90 Å². The summed E-state index contributed by atoms with van der Waals surface area (Å²) in [5, 5.41) is 0. The highest BCUT2D eigenvalue weighted by Gasteiger charge is 2.44. The first-order chi connectivity index (χ1) is 10.1. The molecule has 2 aliphatic heterocycles. The average molecular weight is 298 g/mol. The molecule has 1 spiro atoms. The molecule has 2 aliphatic rings. The number of methoxy groups -OCH3 is 1. The summed E-state index contributed by atoms with van der Waals surface area (Å²) in [6.07, 6.45) is 4.33. The summed E-state index contributed by atoms with van der Waals surface area (Å²) < 4.78 is 11.8. The van der Waals surface area contributed by atoms with Crippen LogP contribution in [-0.4, -0.2) is 73.9 Å². The zero-order valence-corrected chi connectivity index (χ0v) is 13.8. The molecule has 0 bridgehead atoms. The summed E-state index contributed by atoms with van der Waals surface area (Å²) in [6.45, 7) is 8.88. The molecule has 0 aliphatic carbocycles. The number of rotatable bonds is 5. The maximum atomic E-state index is 12.2. The molecule has 122 valence electrons. The summed E-state index contributed by atoms with van der Waals surface area (Å²) in [6, 6.07) is 0. The fourth-order valence-electron chi connectivity index (χ4n) is 3.66. The van der Waals surface area contributed by atoms with Gasteiger partial charge in [-0.15, -0.1) is 0 Å². The fourth-order valence-corrected chi connectivity index (χ4v) is 3.66. The van der Waals surface area contributed by atoms with E-state index in [-0.39, 0.29) is 17.6 Å². The maximum absolute atomic E-state index is 12.2. The molecule has 2 fully saturated rings. The second kappa shape index (κ2) is 7.56. The fraction of sp³-hybridized carbons (Fsp3) is 0.938. The van der Waals surface area contributed by atoms with Gasteiger partial charge in [-0.2, -0.15) is 0 Å². The van der Waals surface area contributed by atoms with E-state index in [0.717, 1.165) is 58.5 Å². The first-order valence-corrected chi connectivity index (χ1v) is 8.32. The molecule has 0 saturated carbocycles. The zero-order chi connectivity index (χ0) is 15.3. The van der Waals surface area contributed by atoms with Crippen LogP contribution in [0, 0.1) is 0 Å². The van der Waals surface area contributed by atoms with Gasteiger partial charge in [0, 0.05) is 39.9 Å². The van der Waals surface area contributed by atoms with Gasteiger partial charge in [0.15, 0.2) is 0 Å². The van der Waals surface area contributed by atoms with E-state index in [4.69, 9.17) is 9.47 Å². The number of amides is 1. The van der Waals surface area contributed by atoms with Gasteiger partial charge in [0.05, 0.1) is 18.2 Å². The van der Waals surface area contributed by atoms with Gasteiger partial charge in [-0.05, 0) is 39.5 Å². The van der Waals surface area contributed by atoms with Crippen LogP contribution in [-0.2, 0) is 14.3 Å². The van der Waals surface area contributed by atoms with E-state index < -0.39 is 0 Å². The maximum Gasteiger partial charge on any atom is 0.236 e. The van der Waals surface area contributed by atoms with Crippen LogP contribution in [0.4, 0.5) is 0 Å². The number of likely N-dealkylation sites (tertiary alicyclic amines) is 1. The second-order valence-corrected chi connectivity index (χ2v) is 6.12. The number of nitrogens with zero attached hydrogens (tertiary/aromatic N) is 2. The third-order valence-corrected chi connectivity index (χ3v) is 5.05. The molecule has 2 heterocycles. The highest BCUT2D eigenvalue weighted by molar-refractivity contribution is 5.78. The summed E-state index contributed by atoms with van der Waals surface area (Å²) in [5.74, 6) is 0.240. The predicted octanol–water partition coefficient (Wildman–Crippen LogP) is 1.51. The number of carbonyl (C=O) groups is 1. The Labute approximate surface area is 128 Å². The molecule has 2 rings (SSSR count). The van der Waals surface area contributed by atoms with Crippen molar-refractivity contribution in [3.8, 4) is 0 Å². The number of carbonyl (C=O) groups excluding carboxylic acids is 1. The van der Waals surface area contributed by atoms with Crippen LogP contribution in [0.5, 0.6) is 0 Å². The van der Waals surface area contributed by atoms with E-state index in [0.29, 0.717) is 6.54 Å². The lowest BCUT2D eigenvalue weighted by Gasteiger charge is -2.48. The molecule has 5 heteroatoms. The first kappa shape index (κ1) is 16.7. The molecule has 1 atom stereocenters. The Morgan fingerprint density at radius 3 is 2.57 bits per heavy atom. The van der Waals surface area contributed by atoms with Crippen molar-refractivity contribution in [1.29, 1.82) is 0 Å². The van der Waals surface area contributed by atoms with Crippen molar-refractivity contribution < 1.29 is 14.3 Å². The minimum atomic E-state index is -0.109. The highest BCUT2D eigenvalue weighted by Crippen LogP contribution is 2.36. The number of hydrogen-bond acceptors (Lipinski definition) is 4. The number of hydrogen-bond donors (Lipinski definition) is 0. The molecule has 0 aromatic rings. The molecule has 0 N–H and O–H groups in total. The van der Waals surface area contributed by atoms with Crippen molar-refractivity contribution in [2.24, 2.45) is 0 Å². The zero-order valence-electron chi connectivity index (χ0n) is 13.8. The van der Waals surface area contributed by atoms with Crippen LogP contribution in [0.2, 0.25) is 0 Å². The topological polar surface area (TPSA) is 42.0 Å². The van der Waals surface area contributed by atoms with Gasteiger partial charge in [-0.3, -0.25) is 9.69 Å². The van der Waals surface area contributed by atoms with Crippen LogP contribution in [0.15, 0.2) is 0 Å². The van der Waals surface area contributed by atoms with E-state index in [1.165, 1.54) is 0 Å². The lowest BCUT2D eigenvalue weighted by atomic mass is 9.82. The Morgan fingerprint density at radius 2 is 2.00 bits per heavy atom. The van der Waals surface area contributed by atoms with Gasteiger partial charge in [0.2, 0.25) is 5.91 Å². The van der Waals surface area contributed by atoms with Gasteiger partial charge >= 0.3 is 0 Å². The molecular weight excluding hydrogens is 268 g/mol. The monoisotopic (exact) mass is 298 g/mol. The van der Waals surface area contributed by atoms with Crippen molar-refractivity contribution >= 4 is 5.91 Å². The van der Waals surface area contributed by atoms with Crippen molar-refractivity contribution in [3.63, 3.8) is 0 Å². The number of ether oxygens (including phenoxy) is 2. The quantitative estimate of drug-likeness (QED) is 0.772. The van der Waals surface area contributed by atoms with Crippen molar-refractivity contribution in [2.45, 2.75) is 51.2 Å². The Balaban J connectivity index is 1.86. The summed E-state index contributed by atoms with van der Waals surface area (Å²) in [4.78, 5) is 16.4. The molecule has 0 aromatic carbocycles. The van der Waals surface area contributed by atoms with Crippen LogP contribution >= 0.6 is 0 Å². The molecule has 1 unspecified atom stereocenters. The normalized spacial score (nSPS) is 26.0. The predicted molar refractivity (Wildman–Crippen MR) is 82.3 cm³/mol. The van der Waals surface area contributed by atoms with Crippen molar-refractivity contribution in [1.82, 2.24) is 9.80 Å². The van der Waals surface area contributed by atoms with Gasteiger partial charge in [-0.25, -0.2) is 0 Å². The number of piperidine rings is 1. The Hall–Kier alpha value is -0.650. The molecule has 0 radical (unpaired) electrons. The third-order valence-electron chi connectivity index (χ3n) is 5.05. The van der Waals surface area contributed by atoms with E-state index in [1.54, 1.807) is 7.11 Å². The Bertz CT molecular complexity index is 336. The van der Waals surface area contributed by atoms with Gasteiger partial charge in [0.1, 0.15) is 0 Å². The molecule has 5 nitrogen and oxygen atoms in total. The van der Waals surface area contributed by atoms with Crippen LogP contribution in [0.3, 0.4) is 0 Å². The molecule has 21 heavy (non-hydrogen) atoms. The van der Waals surface area contributed by atoms with Gasteiger partial charge < -0.3 is 14.4 Å². The highest BCUT2D eigenvalue weighted by atomic mass is 16.5. The van der Waals surface area contributed by atoms with Crippen LogP contribution in [0.1, 0.15) is 39.5 Å². The molecular formula is C16H30N2O3. The molecule has 2 saturated heterocycles. The largest absolute Gasteiger partial charge is 0.378 e. The van der Waals surface area contributed by atoms with Crippen LogP contribution < -0.4 is 0 Å². The lowest BCUT2D eigenvalue weighted by molar-refractivity contribution is -0.186. The third kappa shape index (κ3) is 3.76. The standard InChI is InChI=1S/C16H30N2O3/c1-4-18(5-2)15(19)13-17-10-8-16(9-11-17)14(20-3)7-6-12-21-16/h14H,4-13H2,1-3H3. The van der Waals surface area contributed by atoms with Crippen molar-refractivity contribution in [2.75, 3.05) is 46.4 Å². The van der Waals surface area contributed by atoms with Gasteiger partial charge in [0.25, 0.3) is 0 Å². The number of likely N-dealkylation sites (N-methyl/N-ethyl adjacent to an activating group) is 1. The summed E-state index contributed by atoms with van der Waals surface area (Å²) >= 11 is 0. The van der Waals surface area contributed by atoms with E-state index in [9.17, 15) is 4.79 Å². The lowest BCUT2D eigenvalue weighted by Crippen LogP contribution is -2.56. The first-order valence-electron chi connectivity index (χ1n) is 8.32. The summed E-state index contributed by atoms with van der Waals surface area (Å²) in [5.41, 5.74) is -0.109. The Kier molecular flexibility index (Phi) is 6.02. The van der Waals surface area contributed by atoms with Gasteiger partial charge in [-0.1, -0.05) is 0 Å².